The van der Waals surface area contributed by atoms with Crippen molar-refractivity contribution in [1.82, 2.24) is 14.7 Å². The van der Waals surface area contributed by atoms with Gasteiger partial charge in [-0.05, 0) is 12.1 Å². The predicted octanol–water partition coefficient (Wildman–Crippen LogP) is 0.236. The zero-order valence-electron chi connectivity index (χ0n) is 9.63. The second-order valence-electron chi connectivity index (χ2n) is 4.24. The maximum atomic E-state index is 9.14. The first-order valence-electron chi connectivity index (χ1n) is 5.92. The minimum Gasteiger partial charge on any atom is -0.390 e. The first-order valence-corrected chi connectivity index (χ1v) is 5.92. The summed E-state index contributed by atoms with van der Waals surface area (Å²) in [5.41, 5.74) is 1.61. The molecule has 5 heteroatoms. The van der Waals surface area contributed by atoms with Gasteiger partial charge in [0.1, 0.15) is 11.5 Å². The summed E-state index contributed by atoms with van der Waals surface area (Å²) in [4.78, 5) is 6.70. The Morgan fingerprint density at radius 2 is 2.12 bits per heavy atom. The molecule has 0 bridgehead atoms. The van der Waals surface area contributed by atoms with Gasteiger partial charge in [0.05, 0.1) is 12.3 Å². The van der Waals surface area contributed by atoms with E-state index in [9.17, 15) is 0 Å². The smallest absolute Gasteiger partial charge is 0.138 e. The molecule has 1 saturated heterocycles. The van der Waals surface area contributed by atoms with Crippen LogP contribution < -0.4 is 10.2 Å². The van der Waals surface area contributed by atoms with E-state index in [-0.39, 0.29) is 6.61 Å². The van der Waals surface area contributed by atoms with Crippen molar-refractivity contribution in [2.24, 2.45) is 0 Å². The van der Waals surface area contributed by atoms with Gasteiger partial charge in [0.2, 0.25) is 0 Å². The molecule has 17 heavy (non-hydrogen) atoms. The average molecular weight is 232 g/mol. The van der Waals surface area contributed by atoms with Crippen LogP contribution in [-0.4, -0.2) is 40.7 Å². The van der Waals surface area contributed by atoms with Gasteiger partial charge >= 0.3 is 0 Å². The molecule has 2 N–H and O–H groups in total. The molecule has 90 valence electrons. The van der Waals surface area contributed by atoms with Gasteiger partial charge in [-0.25, -0.2) is 4.98 Å². The molecular formula is C12H16N4O. The summed E-state index contributed by atoms with van der Waals surface area (Å²) >= 11 is 0. The number of hydrogen-bond acceptors (Lipinski definition) is 4. The number of hydrogen-bond donors (Lipinski definition) is 2. The second kappa shape index (κ2) is 4.35. The van der Waals surface area contributed by atoms with E-state index < -0.39 is 0 Å². The summed E-state index contributed by atoms with van der Waals surface area (Å²) in [5.74, 6) is 1.15. The van der Waals surface area contributed by atoms with Gasteiger partial charge in [-0.15, -0.1) is 0 Å². The van der Waals surface area contributed by atoms with Crippen molar-refractivity contribution >= 4 is 11.5 Å². The van der Waals surface area contributed by atoms with Crippen molar-refractivity contribution in [3.63, 3.8) is 0 Å². The fourth-order valence-corrected chi connectivity index (χ4v) is 2.27. The first kappa shape index (κ1) is 10.6. The highest BCUT2D eigenvalue weighted by Gasteiger charge is 2.13. The summed E-state index contributed by atoms with van der Waals surface area (Å²) in [5, 5.41) is 12.5. The molecular weight excluding hydrogens is 216 g/mol. The summed E-state index contributed by atoms with van der Waals surface area (Å²) in [6.07, 6.45) is 1.91. The highest BCUT2D eigenvalue weighted by molar-refractivity contribution is 5.52. The van der Waals surface area contributed by atoms with E-state index in [2.05, 4.69) is 25.7 Å². The maximum absolute atomic E-state index is 9.14. The number of pyridine rings is 1. The van der Waals surface area contributed by atoms with Crippen LogP contribution in [0.4, 0.5) is 5.82 Å². The number of nitrogens with one attached hydrogen (secondary N) is 1. The van der Waals surface area contributed by atoms with Gasteiger partial charge in [0.25, 0.3) is 0 Å². The van der Waals surface area contributed by atoms with E-state index in [1.54, 1.807) is 0 Å². The third kappa shape index (κ3) is 1.87. The Balaban J connectivity index is 2.05. The number of aliphatic hydroxyl groups excluding tert-OH is 1. The number of rotatable bonds is 2. The van der Waals surface area contributed by atoms with Gasteiger partial charge in [0.15, 0.2) is 0 Å². The number of aromatic nitrogens is 2. The predicted molar refractivity (Wildman–Crippen MR) is 66.2 cm³/mol. The molecule has 0 unspecified atom stereocenters. The molecule has 1 aliphatic rings. The molecule has 1 fully saturated rings. The van der Waals surface area contributed by atoms with Gasteiger partial charge in [-0.2, -0.15) is 0 Å². The lowest BCUT2D eigenvalue weighted by Crippen LogP contribution is -2.44. The van der Waals surface area contributed by atoms with Crippen molar-refractivity contribution in [2.75, 3.05) is 31.1 Å². The van der Waals surface area contributed by atoms with Crippen molar-refractivity contribution < 1.29 is 5.11 Å². The largest absolute Gasteiger partial charge is 0.390 e. The van der Waals surface area contributed by atoms with E-state index in [0.29, 0.717) is 5.69 Å². The quantitative estimate of drug-likeness (QED) is 0.778. The van der Waals surface area contributed by atoms with Crippen molar-refractivity contribution in [3.05, 3.63) is 30.1 Å². The summed E-state index contributed by atoms with van der Waals surface area (Å²) in [7, 11) is 0. The molecule has 3 heterocycles. The SMILES string of the molecule is OCc1cn2c(N3CCNCC3)cccc2n1. The highest BCUT2D eigenvalue weighted by atomic mass is 16.3. The highest BCUT2D eigenvalue weighted by Crippen LogP contribution is 2.18. The lowest BCUT2D eigenvalue weighted by molar-refractivity contribution is 0.277. The number of nitrogens with zero attached hydrogens (tertiary/aromatic N) is 3. The first-order chi connectivity index (χ1) is 8.38. The van der Waals surface area contributed by atoms with Crippen LogP contribution in [0.1, 0.15) is 5.69 Å². The van der Waals surface area contributed by atoms with E-state index in [1.807, 2.05) is 18.3 Å². The minimum atomic E-state index is -0.0112. The third-order valence-corrected chi connectivity index (χ3v) is 3.12. The van der Waals surface area contributed by atoms with Crippen molar-refractivity contribution in [1.29, 1.82) is 0 Å². The van der Waals surface area contributed by atoms with E-state index in [1.165, 1.54) is 0 Å². The van der Waals surface area contributed by atoms with Crippen LogP contribution in [-0.2, 0) is 6.61 Å². The zero-order valence-corrected chi connectivity index (χ0v) is 9.63. The zero-order chi connectivity index (χ0) is 11.7. The summed E-state index contributed by atoms with van der Waals surface area (Å²) in [6, 6.07) is 6.08. The lowest BCUT2D eigenvalue weighted by atomic mass is 10.3. The third-order valence-electron chi connectivity index (χ3n) is 3.12. The van der Waals surface area contributed by atoms with Crippen molar-refractivity contribution in [3.8, 4) is 0 Å². The topological polar surface area (TPSA) is 52.8 Å². The molecule has 0 saturated carbocycles. The summed E-state index contributed by atoms with van der Waals surface area (Å²) < 4.78 is 2.05. The molecule has 3 rings (SSSR count). The Morgan fingerprint density at radius 3 is 2.88 bits per heavy atom. The molecule has 0 spiro atoms. The standard InChI is InChI=1S/C12H16N4O/c17-9-10-8-16-11(14-10)2-1-3-12(16)15-6-4-13-5-7-15/h1-3,8,13,17H,4-7,9H2. The summed E-state index contributed by atoms with van der Waals surface area (Å²) in [6.45, 7) is 4.02. The molecule has 0 amide bonds. The van der Waals surface area contributed by atoms with E-state index in [4.69, 9.17) is 5.11 Å². The van der Waals surface area contributed by atoms with Crippen LogP contribution in [0.3, 0.4) is 0 Å². The molecule has 1 aliphatic heterocycles. The minimum absolute atomic E-state index is 0.0112. The van der Waals surface area contributed by atoms with Crippen LogP contribution in [0, 0.1) is 0 Å². The molecule has 2 aromatic rings. The number of anilines is 1. The monoisotopic (exact) mass is 232 g/mol. The fourth-order valence-electron chi connectivity index (χ4n) is 2.27. The van der Waals surface area contributed by atoms with Crippen LogP contribution in [0.5, 0.6) is 0 Å². The Kier molecular flexibility index (Phi) is 2.70. The average Bonchev–Trinajstić information content (AvgIpc) is 2.82. The molecule has 0 radical (unpaired) electrons. The number of piperazine rings is 1. The molecule has 2 aromatic heterocycles. The van der Waals surface area contributed by atoms with Crippen LogP contribution in [0.15, 0.2) is 24.4 Å². The molecule has 0 atom stereocenters. The molecule has 0 aromatic carbocycles. The van der Waals surface area contributed by atoms with Crippen LogP contribution >= 0.6 is 0 Å². The molecule has 5 nitrogen and oxygen atoms in total. The number of fused-ring (bicyclic) bond motifs is 1. The van der Waals surface area contributed by atoms with Gasteiger partial charge in [-0.1, -0.05) is 6.07 Å². The number of aliphatic hydroxyl groups is 1. The Hall–Kier alpha value is -1.59. The Labute approximate surface area is 99.7 Å². The maximum Gasteiger partial charge on any atom is 0.138 e. The van der Waals surface area contributed by atoms with Gasteiger partial charge in [-0.3, -0.25) is 4.40 Å². The van der Waals surface area contributed by atoms with Crippen LogP contribution in [0.2, 0.25) is 0 Å². The Bertz CT molecular complexity index is 516. The van der Waals surface area contributed by atoms with E-state index in [0.717, 1.165) is 37.6 Å². The van der Waals surface area contributed by atoms with Gasteiger partial charge in [0, 0.05) is 32.4 Å². The normalized spacial score (nSPS) is 16.6. The second-order valence-corrected chi connectivity index (χ2v) is 4.24. The van der Waals surface area contributed by atoms with Crippen molar-refractivity contribution in [2.45, 2.75) is 6.61 Å². The van der Waals surface area contributed by atoms with Gasteiger partial charge < -0.3 is 15.3 Å². The fraction of sp³-hybridized carbons (Fsp3) is 0.417. The lowest BCUT2D eigenvalue weighted by Gasteiger charge is -2.29. The molecule has 0 aliphatic carbocycles. The number of imidazole rings is 1. The van der Waals surface area contributed by atoms with Crippen LogP contribution in [0.25, 0.3) is 5.65 Å². The Morgan fingerprint density at radius 1 is 1.29 bits per heavy atom. The van der Waals surface area contributed by atoms with E-state index >= 15 is 0 Å².